The van der Waals surface area contributed by atoms with Crippen molar-refractivity contribution in [1.29, 1.82) is 0 Å². The van der Waals surface area contributed by atoms with Gasteiger partial charge in [-0.25, -0.2) is 0 Å². The first-order valence-corrected chi connectivity index (χ1v) is 5.28. The third-order valence-electron chi connectivity index (χ3n) is 2.38. The Kier molecular flexibility index (Phi) is 2.49. The fraction of sp³-hybridized carbons (Fsp3) is 0.0909. The first kappa shape index (κ1) is 10.5. The van der Waals surface area contributed by atoms with Gasteiger partial charge >= 0.3 is 0 Å². The Labute approximate surface area is 101 Å². The van der Waals surface area contributed by atoms with Gasteiger partial charge in [-0.15, -0.1) is 0 Å². The van der Waals surface area contributed by atoms with E-state index in [0.717, 1.165) is 5.56 Å². The van der Waals surface area contributed by atoms with Gasteiger partial charge in [-0.1, -0.05) is 17.3 Å². The van der Waals surface area contributed by atoms with Crippen LogP contribution in [0.25, 0.3) is 11.5 Å². The second-order valence-electron chi connectivity index (χ2n) is 3.71. The summed E-state index contributed by atoms with van der Waals surface area (Å²) in [6, 6.07) is 6.90. The molecule has 2 N–H and O–H groups in total. The Morgan fingerprint density at radius 1 is 1.33 bits per heavy atom. The molecule has 0 radical (unpaired) electrons. The van der Waals surface area contributed by atoms with Crippen molar-refractivity contribution in [2.75, 3.05) is 0 Å². The predicted molar refractivity (Wildman–Crippen MR) is 60.6 cm³/mol. The molecule has 0 aliphatic carbocycles. The summed E-state index contributed by atoms with van der Waals surface area (Å²) in [4.78, 5) is 4.20. The summed E-state index contributed by atoms with van der Waals surface area (Å²) < 4.78 is 5.11. The van der Waals surface area contributed by atoms with E-state index < -0.39 is 0 Å². The summed E-state index contributed by atoms with van der Waals surface area (Å²) in [6.07, 6.45) is 1.97. The van der Waals surface area contributed by atoms with Gasteiger partial charge in [-0.2, -0.15) is 20.4 Å². The number of benzene rings is 1. The van der Waals surface area contributed by atoms with E-state index in [2.05, 4.69) is 25.6 Å². The molecule has 2 heterocycles. The van der Waals surface area contributed by atoms with Gasteiger partial charge in [-0.3, -0.25) is 0 Å². The quantitative estimate of drug-likeness (QED) is 0.715. The Balaban J connectivity index is 1.82. The Bertz CT molecular complexity index is 647. The highest BCUT2D eigenvalue weighted by Gasteiger charge is 2.11. The molecule has 2 aromatic heterocycles. The van der Waals surface area contributed by atoms with E-state index in [1.807, 2.05) is 6.07 Å². The number of phenolic OH excluding ortho intramolecular Hbond substituents is 1. The minimum atomic E-state index is 0.212. The molecular formula is C11H9N5O2. The van der Waals surface area contributed by atoms with Gasteiger partial charge in [0.1, 0.15) is 5.75 Å². The normalized spacial score (nSPS) is 10.7. The Morgan fingerprint density at radius 3 is 3.06 bits per heavy atom. The molecular weight excluding hydrogens is 234 g/mol. The highest BCUT2D eigenvalue weighted by atomic mass is 16.5. The number of hydrogen-bond acceptors (Lipinski definition) is 6. The summed E-state index contributed by atoms with van der Waals surface area (Å²) >= 11 is 0. The first-order chi connectivity index (χ1) is 8.81. The minimum Gasteiger partial charge on any atom is -0.508 e. The minimum absolute atomic E-state index is 0.212. The molecule has 0 amide bonds. The van der Waals surface area contributed by atoms with Crippen molar-refractivity contribution in [2.45, 2.75) is 6.42 Å². The van der Waals surface area contributed by atoms with E-state index in [1.165, 1.54) is 6.20 Å². The van der Waals surface area contributed by atoms with Crippen molar-refractivity contribution in [3.63, 3.8) is 0 Å². The van der Waals surface area contributed by atoms with Crippen LogP contribution in [-0.2, 0) is 6.42 Å². The lowest BCUT2D eigenvalue weighted by atomic mass is 10.1. The van der Waals surface area contributed by atoms with Crippen LogP contribution in [0.3, 0.4) is 0 Å². The van der Waals surface area contributed by atoms with Crippen molar-refractivity contribution >= 4 is 0 Å². The number of aromatic amines is 1. The van der Waals surface area contributed by atoms with Crippen LogP contribution in [0.5, 0.6) is 5.75 Å². The highest BCUT2D eigenvalue weighted by molar-refractivity contribution is 5.45. The SMILES string of the molecule is Oc1cccc(Cc2nc(-c3cn[nH]n3)no2)c1. The maximum absolute atomic E-state index is 9.36. The lowest BCUT2D eigenvalue weighted by molar-refractivity contribution is 0.385. The monoisotopic (exact) mass is 243 g/mol. The fourth-order valence-corrected chi connectivity index (χ4v) is 1.58. The zero-order valence-electron chi connectivity index (χ0n) is 9.24. The van der Waals surface area contributed by atoms with E-state index in [1.54, 1.807) is 18.2 Å². The van der Waals surface area contributed by atoms with Crippen molar-refractivity contribution in [1.82, 2.24) is 25.6 Å². The molecule has 3 rings (SSSR count). The van der Waals surface area contributed by atoms with Gasteiger partial charge in [0.15, 0.2) is 5.69 Å². The van der Waals surface area contributed by atoms with Crippen LogP contribution >= 0.6 is 0 Å². The molecule has 0 spiro atoms. The van der Waals surface area contributed by atoms with Crippen LogP contribution in [0.4, 0.5) is 0 Å². The molecule has 0 atom stereocenters. The van der Waals surface area contributed by atoms with Crippen LogP contribution in [-0.4, -0.2) is 30.7 Å². The van der Waals surface area contributed by atoms with E-state index in [9.17, 15) is 5.11 Å². The van der Waals surface area contributed by atoms with Crippen molar-refractivity contribution in [3.8, 4) is 17.3 Å². The molecule has 0 saturated carbocycles. The molecule has 0 aliphatic rings. The summed E-state index contributed by atoms with van der Waals surface area (Å²) in [5.74, 6) is 1.06. The van der Waals surface area contributed by atoms with E-state index in [4.69, 9.17) is 4.52 Å². The summed E-state index contributed by atoms with van der Waals surface area (Å²) in [5.41, 5.74) is 1.42. The summed E-state index contributed by atoms with van der Waals surface area (Å²) in [6.45, 7) is 0. The third kappa shape index (κ3) is 2.05. The number of nitrogens with one attached hydrogen (secondary N) is 1. The van der Waals surface area contributed by atoms with Gasteiger partial charge in [0, 0.05) is 0 Å². The molecule has 0 bridgehead atoms. The standard InChI is InChI=1S/C11H9N5O2/c17-8-3-1-2-7(4-8)5-10-13-11(15-18-10)9-6-12-16-14-9/h1-4,6,17H,5H2,(H,12,14,16). The van der Waals surface area contributed by atoms with E-state index >= 15 is 0 Å². The molecule has 0 fully saturated rings. The van der Waals surface area contributed by atoms with Crippen LogP contribution in [0.2, 0.25) is 0 Å². The Hall–Kier alpha value is -2.70. The number of aromatic nitrogens is 5. The number of aromatic hydroxyl groups is 1. The molecule has 0 aliphatic heterocycles. The topological polar surface area (TPSA) is 101 Å². The predicted octanol–water partition coefficient (Wildman–Crippen LogP) is 1.15. The molecule has 7 nitrogen and oxygen atoms in total. The van der Waals surface area contributed by atoms with Crippen molar-refractivity contribution in [3.05, 3.63) is 41.9 Å². The zero-order valence-corrected chi connectivity index (χ0v) is 9.24. The summed E-state index contributed by atoms with van der Waals surface area (Å²) in [7, 11) is 0. The molecule has 90 valence electrons. The van der Waals surface area contributed by atoms with Crippen LogP contribution in [0.15, 0.2) is 35.0 Å². The van der Waals surface area contributed by atoms with Crippen molar-refractivity contribution in [2.24, 2.45) is 0 Å². The van der Waals surface area contributed by atoms with Gasteiger partial charge < -0.3 is 9.63 Å². The molecule has 0 unspecified atom stereocenters. The highest BCUT2D eigenvalue weighted by Crippen LogP contribution is 2.16. The molecule has 0 saturated heterocycles. The molecule has 3 aromatic rings. The Morgan fingerprint density at radius 2 is 2.28 bits per heavy atom. The van der Waals surface area contributed by atoms with Gasteiger partial charge in [0.2, 0.25) is 11.7 Å². The maximum atomic E-state index is 9.36. The average Bonchev–Trinajstić information content (AvgIpc) is 2.98. The van der Waals surface area contributed by atoms with Gasteiger partial charge in [0.05, 0.1) is 12.6 Å². The molecule has 7 heteroatoms. The fourth-order valence-electron chi connectivity index (χ4n) is 1.58. The van der Waals surface area contributed by atoms with E-state index in [-0.39, 0.29) is 5.75 Å². The second-order valence-corrected chi connectivity index (χ2v) is 3.71. The van der Waals surface area contributed by atoms with Gasteiger partial charge in [-0.05, 0) is 17.7 Å². The molecule has 18 heavy (non-hydrogen) atoms. The van der Waals surface area contributed by atoms with E-state index in [0.29, 0.717) is 23.8 Å². The zero-order chi connectivity index (χ0) is 12.4. The maximum Gasteiger partial charge on any atom is 0.231 e. The first-order valence-electron chi connectivity index (χ1n) is 5.28. The number of hydrogen-bond donors (Lipinski definition) is 2. The largest absolute Gasteiger partial charge is 0.508 e. The number of H-pyrrole nitrogens is 1. The summed E-state index contributed by atoms with van der Waals surface area (Å²) in [5, 5.41) is 23.2. The lowest BCUT2D eigenvalue weighted by Gasteiger charge is -1.96. The smallest absolute Gasteiger partial charge is 0.231 e. The molecule has 1 aromatic carbocycles. The number of rotatable bonds is 3. The lowest BCUT2D eigenvalue weighted by Crippen LogP contribution is -1.88. The van der Waals surface area contributed by atoms with Crippen LogP contribution < -0.4 is 0 Å². The average molecular weight is 243 g/mol. The second kappa shape index (κ2) is 4.28. The number of nitrogens with zero attached hydrogens (tertiary/aromatic N) is 4. The number of phenols is 1. The van der Waals surface area contributed by atoms with Crippen LogP contribution in [0.1, 0.15) is 11.5 Å². The third-order valence-corrected chi connectivity index (χ3v) is 2.38. The van der Waals surface area contributed by atoms with Crippen LogP contribution in [0, 0.1) is 0 Å². The van der Waals surface area contributed by atoms with Gasteiger partial charge in [0.25, 0.3) is 0 Å². The van der Waals surface area contributed by atoms with Crippen molar-refractivity contribution < 1.29 is 9.63 Å².